The molecular formula is C15H25N3O2. The maximum atomic E-state index is 11.9. The topological polar surface area (TPSA) is 61.4 Å². The van der Waals surface area contributed by atoms with Crippen LogP contribution in [-0.2, 0) is 4.79 Å². The number of nitrogens with one attached hydrogen (secondary N) is 2. The Balaban J connectivity index is 1.40. The quantitative estimate of drug-likeness (QED) is 0.823. The third kappa shape index (κ3) is 3.72. The van der Waals surface area contributed by atoms with E-state index >= 15 is 0 Å². The number of likely N-dealkylation sites (tertiary alicyclic amines) is 1. The normalized spacial score (nSPS) is 30.4. The smallest absolute Gasteiger partial charge is 0.321 e. The zero-order valence-electron chi connectivity index (χ0n) is 12.1. The van der Waals surface area contributed by atoms with E-state index in [2.05, 4.69) is 15.5 Å². The predicted octanol–water partition coefficient (Wildman–Crippen LogP) is 1.49. The molecule has 112 valence electrons. The van der Waals surface area contributed by atoms with Gasteiger partial charge in [0.25, 0.3) is 0 Å². The number of fused-ring (bicyclic) bond motifs is 1. The first kappa shape index (κ1) is 13.9. The number of hydrogen-bond donors (Lipinski definition) is 2. The summed E-state index contributed by atoms with van der Waals surface area (Å²) in [5, 5.41) is 5.22. The van der Waals surface area contributed by atoms with E-state index in [1.807, 2.05) is 0 Å². The van der Waals surface area contributed by atoms with Gasteiger partial charge in [-0.3, -0.25) is 15.0 Å². The van der Waals surface area contributed by atoms with Gasteiger partial charge in [0.05, 0.1) is 6.54 Å². The van der Waals surface area contributed by atoms with Crippen LogP contribution in [0, 0.1) is 11.8 Å². The van der Waals surface area contributed by atoms with Crippen molar-refractivity contribution in [1.82, 2.24) is 15.5 Å². The van der Waals surface area contributed by atoms with Crippen LogP contribution in [0.1, 0.15) is 44.9 Å². The van der Waals surface area contributed by atoms with Crippen LogP contribution in [-0.4, -0.2) is 42.5 Å². The summed E-state index contributed by atoms with van der Waals surface area (Å²) in [6, 6.07) is -0.0363. The van der Waals surface area contributed by atoms with Gasteiger partial charge in [0.2, 0.25) is 5.91 Å². The van der Waals surface area contributed by atoms with Gasteiger partial charge in [0.15, 0.2) is 0 Å². The highest BCUT2D eigenvalue weighted by molar-refractivity contribution is 5.95. The van der Waals surface area contributed by atoms with Gasteiger partial charge in [0, 0.05) is 12.6 Å². The molecule has 1 heterocycles. The average Bonchev–Trinajstić information content (AvgIpc) is 3.22. The predicted molar refractivity (Wildman–Crippen MR) is 76.2 cm³/mol. The lowest BCUT2D eigenvalue weighted by Crippen LogP contribution is -2.49. The molecule has 3 rings (SSSR count). The monoisotopic (exact) mass is 279 g/mol. The SMILES string of the molecule is O=C(CN1CCC2CCCCC2C1)NC(=O)NC1CC1. The first-order valence-corrected chi connectivity index (χ1v) is 8.03. The molecule has 0 radical (unpaired) electrons. The standard InChI is InChI=1S/C15H25N3O2/c19-14(17-15(20)16-13-5-6-13)10-18-8-7-11-3-1-2-4-12(11)9-18/h11-13H,1-10H2,(H2,16,17,19,20). The largest absolute Gasteiger partial charge is 0.335 e. The van der Waals surface area contributed by atoms with E-state index in [0.717, 1.165) is 37.8 Å². The maximum Gasteiger partial charge on any atom is 0.321 e. The molecule has 1 aliphatic heterocycles. The molecule has 3 aliphatic rings. The molecule has 0 aromatic carbocycles. The van der Waals surface area contributed by atoms with Crippen LogP contribution >= 0.6 is 0 Å². The molecule has 0 aromatic heterocycles. The summed E-state index contributed by atoms with van der Waals surface area (Å²) < 4.78 is 0. The van der Waals surface area contributed by atoms with Crippen molar-refractivity contribution >= 4 is 11.9 Å². The van der Waals surface area contributed by atoms with Crippen molar-refractivity contribution in [2.24, 2.45) is 11.8 Å². The van der Waals surface area contributed by atoms with Gasteiger partial charge in [-0.1, -0.05) is 19.3 Å². The molecule has 0 spiro atoms. The van der Waals surface area contributed by atoms with Crippen LogP contribution in [0.25, 0.3) is 0 Å². The summed E-state index contributed by atoms with van der Waals surface area (Å²) in [5.41, 5.74) is 0. The van der Waals surface area contributed by atoms with Crippen LogP contribution in [0.4, 0.5) is 4.79 Å². The fourth-order valence-corrected chi connectivity index (χ4v) is 3.64. The molecule has 1 saturated heterocycles. The number of piperidine rings is 1. The third-order valence-corrected chi connectivity index (χ3v) is 4.91. The zero-order chi connectivity index (χ0) is 13.9. The molecule has 2 unspecified atom stereocenters. The lowest BCUT2D eigenvalue weighted by atomic mass is 9.75. The molecule has 0 aromatic rings. The highest BCUT2D eigenvalue weighted by atomic mass is 16.2. The van der Waals surface area contributed by atoms with Crippen LogP contribution in [0.3, 0.4) is 0 Å². The number of urea groups is 1. The van der Waals surface area contributed by atoms with Gasteiger partial charge in [-0.25, -0.2) is 4.79 Å². The molecule has 3 fully saturated rings. The third-order valence-electron chi connectivity index (χ3n) is 4.91. The lowest BCUT2D eigenvalue weighted by molar-refractivity contribution is -0.121. The van der Waals surface area contributed by atoms with Crippen molar-refractivity contribution < 1.29 is 9.59 Å². The van der Waals surface area contributed by atoms with Gasteiger partial charge < -0.3 is 5.32 Å². The van der Waals surface area contributed by atoms with E-state index in [1.54, 1.807) is 0 Å². The van der Waals surface area contributed by atoms with Crippen molar-refractivity contribution in [2.45, 2.75) is 51.0 Å². The van der Waals surface area contributed by atoms with Crippen LogP contribution in [0.15, 0.2) is 0 Å². The summed E-state index contributed by atoms with van der Waals surface area (Å²) in [6.07, 6.45) is 8.69. The Morgan fingerprint density at radius 1 is 1.00 bits per heavy atom. The Kier molecular flexibility index (Phi) is 4.24. The second kappa shape index (κ2) is 6.12. The molecule has 5 heteroatoms. The first-order chi connectivity index (χ1) is 9.70. The highest BCUT2D eigenvalue weighted by Gasteiger charge is 2.32. The summed E-state index contributed by atoms with van der Waals surface area (Å²) in [7, 11) is 0. The van der Waals surface area contributed by atoms with E-state index in [-0.39, 0.29) is 11.9 Å². The fraction of sp³-hybridized carbons (Fsp3) is 0.867. The minimum absolute atomic E-state index is 0.169. The number of carbonyl (C=O) groups is 2. The summed E-state index contributed by atoms with van der Waals surface area (Å²) >= 11 is 0. The van der Waals surface area contributed by atoms with Gasteiger partial charge in [0.1, 0.15) is 0 Å². The molecule has 20 heavy (non-hydrogen) atoms. The summed E-state index contributed by atoms with van der Waals surface area (Å²) in [6.45, 7) is 2.39. The summed E-state index contributed by atoms with van der Waals surface area (Å²) in [4.78, 5) is 25.6. The summed E-state index contributed by atoms with van der Waals surface area (Å²) in [5.74, 6) is 1.48. The van der Waals surface area contributed by atoms with Gasteiger partial charge in [-0.2, -0.15) is 0 Å². The number of hydrogen-bond acceptors (Lipinski definition) is 3. The van der Waals surface area contributed by atoms with E-state index in [9.17, 15) is 9.59 Å². The number of imide groups is 1. The van der Waals surface area contributed by atoms with E-state index in [4.69, 9.17) is 0 Å². The first-order valence-electron chi connectivity index (χ1n) is 8.03. The molecule has 2 saturated carbocycles. The van der Waals surface area contributed by atoms with Crippen molar-refractivity contribution in [2.75, 3.05) is 19.6 Å². The van der Waals surface area contributed by atoms with Crippen molar-refractivity contribution in [1.29, 1.82) is 0 Å². The van der Waals surface area contributed by atoms with Crippen molar-refractivity contribution in [3.63, 3.8) is 0 Å². The number of carbonyl (C=O) groups excluding carboxylic acids is 2. The minimum atomic E-state index is -0.329. The molecule has 3 amide bonds. The second-order valence-corrected chi connectivity index (χ2v) is 6.62. The number of amides is 3. The number of rotatable bonds is 3. The molecular weight excluding hydrogens is 254 g/mol. The Labute approximate surface area is 120 Å². The lowest BCUT2D eigenvalue weighted by Gasteiger charge is -2.41. The molecule has 0 bridgehead atoms. The molecule has 2 aliphatic carbocycles. The van der Waals surface area contributed by atoms with E-state index < -0.39 is 0 Å². The van der Waals surface area contributed by atoms with Gasteiger partial charge in [-0.15, -0.1) is 0 Å². The fourth-order valence-electron chi connectivity index (χ4n) is 3.64. The Bertz CT molecular complexity index is 381. The average molecular weight is 279 g/mol. The Hall–Kier alpha value is -1.10. The van der Waals surface area contributed by atoms with Crippen molar-refractivity contribution in [3.8, 4) is 0 Å². The van der Waals surface area contributed by atoms with Gasteiger partial charge in [-0.05, 0) is 44.1 Å². The molecule has 2 N–H and O–H groups in total. The van der Waals surface area contributed by atoms with Gasteiger partial charge >= 0.3 is 6.03 Å². The van der Waals surface area contributed by atoms with Crippen LogP contribution < -0.4 is 10.6 Å². The highest BCUT2D eigenvalue weighted by Crippen LogP contribution is 2.35. The molecule has 2 atom stereocenters. The second-order valence-electron chi connectivity index (χ2n) is 6.62. The van der Waals surface area contributed by atoms with E-state index in [0.29, 0.717) is 12.6 Å². The Morgan fingerprint density at radius 3 is 2.50 bits per heavy atom. The van der Waals surface area contributed by atoms with Crippen molar-refractivity contribution in [3.05, 3.63) is 0 Å². The van der Waals surface area contributed by atoms with Crippen LogP contribution in [0.5, 0.6) is 0 Å². The zero-order valence-corrected chi connectivity index (χ0v) is 12.1. The van der Waals surface area contributed by atoms with Crippen LogP contribution in [0.2, 0.25) is 0 Å². The Morgan fingerprint density at radius 2 is 1.75 bits per heavy atom. The minimum Gasteiger partial charge on any atom is -0.335 e. The molecule has 5 nitrogen and oxygen atoms in total. The number of nitrogens with zero attached hydrogens (tertiary/aromatic N) is 1. The van der Waals surface area contributed by atoms with E-state index in [1.165, 1.54) is 32.1 Å². The maximum absolute atomic E-state index is 11.9.